The van der Waals surface area contributed by atoms with Crippen LogP contribution in [0, 0.1) is 0 Å². The Morgan fingerprint density at radius 3 is 2.71 bits per heavy atom. The smallest absolute Gasteiger partial charge is 0.202 e. The van der Waals surface area contributed by atoms with Crippen molar-refractivity contribution in [1.82, 2.24) is 9.36 Å². The minimum absolute atomic E-state index is 0.0951. The van der Waals surface area contributed by atoms with Crippen LogP contribution < -0.4 is 5.32 Å². The lowest BCUT2D eigenvalue weighted by Crippen LogP contribution is -2.36. The fourth-order valence-corrected chi connectivity index (χ4v) is 3.52. The fraction of sp³-hybridized carbons (Fsp3) is 0.500. The van der Waals surface area contributed by atoms with Crippen LogP contribution in [0.5, 0.6) is 0 Å². The zero-order valence-electron chi connectivity index (χ0n) is 12.3. The average Bonchev–Trinajstić information content (AvgIpc) is 3.04. The standard InChI is InChI=1S/C16H21N3OS/c1-2-10-17-15-18-14(19-21-15)16(8-11-20-12-9-16)13-6-4-3-5-7-13/h3-7H,2,8-12H2,1H3,(H,17,18,19). The molecule has 1 aromatic carbocycles. The summed E-state index contributed by atoms with van der Waals surface area (Å²) >= 11 is 1.46. The van der Waals surface area contributed by atoms with Crippen molar-refractivity contribution in [2.75, 3.05) is 25.1 Å². The molecule has 1 aliphatic rings. The van der Waals surface area contributed by atoms with Crippen LogP contribution in [0.2, 0.25) is 0 Å². The molecule has 0 aliphatic carbocycles. The van der Waals surface area contributed by atoms with Crippen LogP contribution >= 0.6 is 11.5 Å². The molecule has 1 N–H and O–H groups in total. The van der Waals surface area contributed by atoms with Crippen molar-refractivity contribution in [2.24, 2.45) is 0 Å². The summed E-state index contributed by atoms with van der Waals surface area (Å²) in [7, 11) is 0. The van der Waals surface area contributed by atoms with Gasteiger partial charge in [-0.05, 0) is 24.8 Å². The van der Waals surface area contributed by atoms with Gasteiger partial charge in [0.25, 0.3) is 0 Å². The van der Waals surface area contributed by atoms with E-state index in [4.69, 9.17) is 9.72 Å². The van der Waals surface area contributed by atoms with Gasteiger partial charge in [0.15, 0.2) is 5.82 Å². The number of hydrogen-bond acceptors (Lipinski definition) is 5. The van der Waals surface area contributed by atoms with E-state index < -0.39 is 0 Å². The zero-order chi connectivity index (χ0) is 14.5. The van der Waals surface area contributed by atoms with Gasteiger partial charge in [0.2, 0.25) is 5.13 Å². The maximum Gasteiger partial charge on any atom is 0.202 e. The van der Waals surface area contributed by atoms with Crippen LogP contribution in [0.4, 0.5) is 5.13 Å². The molecule has 112 valence electrons. The van der Waals surface area contributed by atoms with Crippen molar-refractivity contribution in [1.29, 1.82) is 0 Å². The first-order valence-electron chi connectivity index (χ1n) is 7.56. The fourth-order valence-electron chi connectivity index (χ4n) is 2.84. The lowest BCUT2D eigenvalue weighted by molar-refractivity contribution is 0.0608. The molecule has 21 heavy (non-hydrogen) atoms. The van der Waals surface area contributed by atoms with E-state index in [0.717, 1.165) is 50.0 Å². The molecule has 5 heteroatoms. The zero-order valence-corrected chi connectivity index (χ0v) is 13.2. The van der Waals surface area contributed by atoms with Gasteiger partial charge in [-0.15, -0.1) is 0 Å². The van der Waals surface area contributed by atoms with Crippen molar-refractivity contribution < 1.29 is 4.74 Å². The molecule has 1 aromatic heterocycles. The van der Waals surface area contributed by atoms with E-state index in [2.05, 4.69) is 46.9 Å². The summed E-state index contributed by atoms with van der Waals surface area (Å²) in [5.74, 6) is 0.945. The summed E-state index contributed by atoms with van der Waals surface area (Å²) in [6.45, 7) is 4.63. The Bertz CT molecular complexity index is 564. The van der Waals surface area contributed by atoms with Gasteiger partial charge in [-0.1, -0.05) is 37.3 Å². The number of anilines is 1. The first-order valence-corrected chi connectivity index (χ1v) is 8.34. The molecule has 0 atom stereocenters. The quantitative estimate of drug-likeness (QED) is 0.919. The highest BCUT2D eigenvalue weighted by Crippen LogP contribution is 2.40. The molecule has 3 rings (SSSR count). The summed E-state index contributed by atoms with van der Waals surface area (Å²) < 4.78 is 10.2. The Morgan fingerprint density at radius 2 is 2.00 bits per heavy atom. The van der Waals surface area contributed by atoms with Gasteiger partial charge in [0.05, 0.1) is 5.41 Å². The van der Waals surface area contributed by atoms with Crippen molar-refractivity contribution >= 4 is 16.7 Å². The maximum atomic E-state index is 5.57. The summed E-state index contributed by atoms with van der Waals surface area (Å²) in [4.78, 5) is 4.76. The van der Waals surface area contributed by atoms with Crippen LogP contribution in [-0.2, 0) is 10.2 Å². The van der Waals surface area contributed by atoms with E-state index in [1.165, 1.54) is 17.1 Å². The number of hydrogen-bond donors (Lipinski definition) is 1. The molecule has 0 saturated carbocycles. The Morgan fingerprint density at radius 1 is 1.24 bits per heavy atom. The van der Waals surface area contributed by atoms with Crippen LogP contribution in [0.3, 0.4) is 0 Å². The van der Waals surface area contributed by atoms with E-state index in [0.29, 0.717) is 0 Å². The van der Waals surface area contributed by atoms with E-state index in [9.17, 15) is 0 Å². The van der Waals surface area contributed by atoms with Crippen LogP contribution in [0.25, 0.3) is 0 Å². The van der Waals surface area contributed by atoms with Gasteiger partial charge >= 0.3 is 0 Å². The minimum Gasteiger partial charge on any atom is -0.381 e. The molecule has 0 bridgehead atoms. The summed E-state index contributed by atoms with van der Waals surface area (Å²) in [5, 5.41) is 4.26. The third-order valence-electron chi connectivity index (χ3n) is 4.05. The second kappa shape index (κ2) is 6.54. The third-order valence-corrected chi connectivity index (χ3v) is 4.73. The van der Waals surface area contributed by atoms with E-state index in [1.807, 2.05) is 0 Å². The second-order valence-electron chi connectivity index (χ2n) is 5.41. The molecule has 1 aliphatic heterocycles. The molecule has 0 spiro atoms. The summed E-state index contributed by atoms with van der Waals surface area (Å²) in [6.07, 6.45) is 2.98. The monoisotopic (exact) mass is 303 g/mol. The lowest BCUT2D eigenvalue weighted by Gasteiger charge is -2.35. The number of nitrogens with one attached hydrogen (secondary N) is 1. The predicted octanol–water partition coefficient (Wildman–Crippen LogP) is 3.46. The van der Waals surface area contributed by atoms with Crippen LogP contribution in [0.1, 0.15) is 37.6 Å². The van der Waals surface area contributed by atoms with Crippen LogP contribution in [0.15, 0.2) is 30.3 Å². The van der Waals surface area contributed by atoms with E-state index >= 15 is 0 Å². The van der Waals surface area contributed by atoms with Gasteiger partial charge in [-0.2, -0.15) is 4.37 Å². The maximum absolute atomic E-state index is 5.57. The van der Waals surface area contributed by atoms with Crippen molar-refractivity contribution in [3.05, 3.63) is 41.7 Å². The van der Waals surface area contributed by atoms with Gasteiger partial charge < -0.3 is 10.1 Å². The van der Waals surface area contributed by atoms with Crippen molar-refractivity contribution in [3.8, 4) is 0 Å². The Labute approximate surface area is 129 Å². The van der Waals surface area contributed by atoms with Gasteiger partial charge in [0, 0.05) is 31.3 Å². The largest absolute Gasteiger partial charge is 0.381 e. The number of ether oxygens (including phenoxy) is 1. The molecule has 1 saturated heterocycles. The molecule has 4 nitrogen and oxygen atoms in total. The molecular formula is C16H21N3OS. The van der Waals surface area contributed by atoms with E-state index in [-0.39, 0.29) is 5.41 Å². The highest BCUT2D eigenvalue weighted by Gasteiger charge is 2.39. The molecule has 0 radical (unpaired) electrons. The van der Waals surface area contributed by atoms with Crippen molar-refractivity contribution in [3.63, 3.8) is 0 Å². The molecular weight excluding hydrogens is 282 g/mol. The summed E-state index contributed by atoms with van der Waals surface area (Å²) in [6, 6.07) is 10.6. The van der Waals surface area contributed by atoms with Crippen molar-refractivity contribution in [2.45, 2.75) is 31.6 Å². The average molecular weight is 303 g/mol. The number of nitrogens with zero attached hydrogens (tertiary/aromatic N) is 2. The van der Waals surface area contributed by atoms with Gasteiger partial charge in [-0.25, -0.2) is 4.98 Å². The Kier molecular flexibility index (Phi) is 4.51. The molecule has 0 unspecified atom stereocenters. The second-order valence-corrected chi connectivity index (χ2v) is 6.16. The third kappa shape index (κ3) is 2.94. The van der Waals surface area contributed by atoms with Gasteiger partial charge in [-0.3, -0.25) is 0 Å². The highest BCUT2D eigenvalue weighted by molar-refractivity contribution is 7.09. The predicted molar refractivity (Wildman–Crippen MR) is 86.0 cm³/mol. The number of aromatic nitrogens is 2. The van der Waals surface area contributed by atoms with Crippen LogP contribution in [-0.4, -0.2) is 29.1 Å². The molecule has 2 aromatic rings. The van der Waals surface area contributed by atoms with Gasteiger partial charge in [0.1, 0.15) is 0 Å². The first-order chi connectivity index (χ1) is 10.3. The lowest BCUT2D eigenvalue weighted by atomic mass is 9.73. The normalized spacial score (nSPS) is 17.6. The number of benzene rings is 1. The SMILES string of the molecule is CCCNc1nc(C2(c3ccccc3)CCOCC2)ns1. The highest BCUT2D eigenvalue weighted by atomic mass is 32.1. The molecule has 1 fully saturated rings. The topological polar surface area (TPSA) is 47.0 Å². The first kappa shape index (κ1) is 14.5. The summed E-state index contributed by atoms with van der Waals surface area (Å²) in [5.41, 5.74) is 1.20. The van der Waals surface area contributed by atoms with E-state index in [1.54, 1.807) is 0 Å². The molecule has 2 heterocycles. The molecule has 0 amide bonds. The minimum atomic E-state index is -0.0951. The number of rotatable bonds is 5. The Hall–Kier alpha value is -1.46. The Balaban J connectivity index is 1.94.